The van der Waals surface area contributed by atoms with E-state index in [1.807, 2.05) is 0 Å². The summed E-state index contributed by atoms with van der Waals surface area (Å²) < 4.78 is 0. The van der Waals surface area contributed by atoms with Crippen molar-refractivity contribution >= 4 is 21.7 Å². The van der Waals surface area contributed by atoms with Crippen molar-refractivity contribution in [2.75, 3.05) is 0 Å². The van der Waals surface area contributed by atoms with E-state index in [1.54, 1.807) is 0 Å². The monoisotopic (exact) mass is 272 g/mol. The Balaban J connectivity index is 2.24. The van der Waals surface area contributed by atoms with Crippen LogP contribution in [0.4, 0.5) is 0 Å². The quantitative estimate of drug-likeness (QED) is 0.613. The molecule has 0 aromatic heterocycles. The Morgan fingerprint density at radius 3 is 2.67 bits per heavy atom. The lowest BCUT2D eigenvalue weighted by atomic mass is 9.53. The number of carbonyl (C=O) groups is 1. The van der Waals surface area contributed by atoms with Crippen LogP contribution in [-0.2, 0) is 4.79 Å². The third-order valence-corrected chi connectivity index (χ3v) is 6.05. The summed E-state index contributed by atoms with van der Waals surface area (Å²) in [6.07, 6.45) is 4.42. The van der Waals surface area contributed by atoms with Crippen molar-refractivity contribution in [3.8, 4) is 0 Å². The number of alkyl halides is 1. The fraction of sp³-hybridized carbons (Fsp3) is 0.923. The molecule has 0 saturated heterocycles. The molecule has 0 heterocycles. The standard InChI is InChI=1S/C13H21BrO/c1-8-4-5-10-6-12(15)11(14)7-13(10,3)9(8)2/h8-11H,4-7H2,1-3H3/t8-,9-,10+,11-,13-/m1/s1. The molecular formula is C13H21BrO. The molecule has 0 aliphatic heterocycles. The molecule has 0 spiro atoms. The number of hydrogen-bond acceptors (Lipinski definition) is 1. The SMILES string of the molecule is C[C@@H]1CC[C@H]2CC(=O)[C@H](Br)C[C@]2(C)[C@@H]1C. The Morgan fingerprint density at radius 1 is 1.33 bits per heavy atom. The Kier molecular flexibility index (Phi) is 3.00. The largest absolute Gasteiger partial charge is 0.298 e. The predicted molar refractivity (Wildman–Crippen MR) is 66.1 cm³/mol. The van der Waals surface area contributed by atoms with Crippen LogP contribution in [0.1, 0.15) is 46.5 Å². The predicted octanol–water partition coefficient (Wildman–Crippen LogP) is 3.80. The molecule has 15 heavy (non-hydrogen) atoms. The molecule has 2 aliphatic rings. The normalized spacial score (nSPS) is 51.3. The van der Waals surface area contributed by atoms with Gasteiger partial charge >= 0.3 is 0 Å². The Labute approximate surface area is 101 Å². The van der Waals surface area contributed by atoms with Crippen LogP contribution in [0.15, 0.2) is 0 Å². The summed E-state index contributed by atoms with van der Waals surface area (Å²) in [6.45, 7) is 7.15. The minimum atomic E-state index is 0.117. The van der Waals surface area contributed by atoms with E-state index in [4.69, 9.17) is 0 Å². The molecule has 0 N–H and O–H groups in total. The highest BCUT2D eigenvalue weighted by Crippen LogP contribution is 2.55. The van der Waals surface area contributed by atoms with Gasteiger partial charge in [0.25, 0.3) is 0 Å². The highest BCUT2D eigenvalue weighted by molar-refractivity contribution is 9.10. The van der Waals surface area contributed by atoms with Crippen molar-refractivity contribution in [2.24, 2.45) is 23.2 Å². The second kappa shape index (κ2) is 3.87. The molecule has 1 nitrogen and oxygen atoms in total. The van der Waals surface area contributed by atoms with Gasteiger partial charge in [-0.3, -0.25) is 4.79 Å². The highest BCUT2D eigenvalue weighted by Gasteiger charge is 2.49. The third-order valence-electron chi connectivity index (χ3n) is 5.21. The zero-order valence-corrected chi connectivity index (χ0v) is 11.5. The van der Waals surface area contributed by atoms with E-state index in [-0.39, 0.29) is 4.83 Å². The molecule has 2 rings (SSSR count). The van der Waals surface area contributed by atoms with Gasteiger partial charge in [-0.25, -0.2) is 0 Å². The van der Waals surface area contributed by atoms with Crippen LogP contribution in [0.2, 0.25) is 0 Å². The van der Waals surface area contributed by atoms with E-state index in [0.29, 0.717) is 17.1 Å². The molecule has 2 saturated carbocycles. The first kappa shape index (κ1) is 11.6. The third kappa shape index (κ3) is 1.79. The Morgan fingerprint density at radius 2 is 2.00 bits per heavy atom. The maximum absolute atomic E-state index is 11.7. The number of Topliss-reactive ketones (excluding diaryl/α,β-unsaturated/α-hetero) is 1. The zero-order chi connectivity index (χ0) is 11.2. The molecule has 86 valence electrons. The summed E-state index contributed by atoms with van der Waals surface area (Å²) in [5, 5.41) is 0. The fourth-order valence-electron chi connectivity index (χ4n) is 3.62. The number of fused-ring (bicyclic) bond motifs is 1. The van der Waals surface area contributed by atoms with Gasteiger partial charge in [-0.1, -0.05) is 43.1 Å². The van der Waals surface area contributed by atoms with Gasteiger partial charge in [0.15, 0.2) is 0 Å². The number of rotatable bonds is 0. The summed E-state index contributed by atoms with van der Waals surface area (Å²) in [7, 11) is 0. The average Bonchev–Trinajstić information content (AvgIpc) is 2.18. The lowest BCUT2D eigenvalue weighted by molar-refractivity contribution is -0.128. The van der Waals surface area contributed by atoms with Crippen LogP contribution in [0.5, 0.6) is 0 Å². The van der Waals surface area contributed by atoms with Crippen molar-refractivity contribution < 1.29 is 4.79 Å². The van der Waals surface area contributed by atoms with Crippen LogP contribution in [0, 0.1) is 23.2 Å². The second-order valence-corrected chi connectivity index (χ2v) is 6.99. The minimum absolute atomic E-state index is 0.117. The van der Waals surface area contributed by atoms with Crippen LogP contribution < -0.4 is 0 Å². The zero-order valence-electron chi connectivity index (χ0n) is 9.92. The summed E-state index contributed by atoms with van der Waals surface area (Å²) in [5.41, 5.74) is 0.389. The van der Waals surface area contributed by atoms with E-state index >= 15 is 0 Å². The van der Waals surface area contributed by atoms with E-state index in [1.165, 1.54) is 12.8 Å². The highest BCUT2D eigenvalue weighted by atomic mass is 79.9. The van der Waals surface area contributed by atoms with E-state index in [2.05, 4.69) is 36.7 Å². The van der Waals surface area contributed by atoms with Crippen LogP contribution >= 0.6 is 15.9 Å². The molecule has 2 fully saturated rings. The number of ketones is 1. The maximum Gasteiger partial charge on any atom is 0.146 e. The summed E-state index contributed by atoms with van der Waals surface area (Å²) in [4.78, 5) is 11.8. The average molecular weight is 273 g/mol. The minimum Gasteiger partial charge on any atom is -0.298 e. The van der Waals surface area contributed by atoms with Gasteiger partial charge in [-0.2, -0.15) is 0 Å². The summed E-state index contributed by atoms with van der Waals surface area (Å²) >= 11 is 3.55. The van der Waals surface area contributed by atoms with E-state index < -0.39 is 0 Å². The first-order chi connectivity index (χ1) is 6.95. The Bertz CT molecular complexity index is 276. The van der Waals surface area contributed by atoms with Gasteiger partial charge in [-0.15, -0.1) is 0 Å². The smallest absolute Gasteiger partial charge is 0.146 e. The molecule has 0 aromatic rings. The van der Waals surface area contributed by atoms with E-state index in [9.17, 15) is 4.79 Å². The van der Waals surface area contributed by atoms with E-state index in [0.717, 1.165) is 24.7 Å². The first-order valence-corrected chi connectivity index (χ1v) is 7.03. The van der Waals surface area contributed by atoms with Gasteiger partial charge in [-0.05, 0) is 36.0 Å². The van der Waals surface area contributed by atoms with Gasteiger partial charge in [0, 0.05) is 6.42 Å². The summed E-state index contributed by atoms with van der Waals surface area (Å²) in [5.74, 6) is 2.65. The van der Waals surface area contributed by atoms with Crippen molar-refractivity contribution in [3.63, 3.8) is 0 Å². The molecular weight excluding hydrogens is 252 g/mol. The van der Waals surface area contributed by atoms with Crippen molar-refractivity contribution in [3.05, 3.63) is 0 Å². The molecule has 0 amide bonds. The lowest BCUT2D eigenvalue weighted by Gasteiger charge is -2.52. The molecule has 0 radical (unpaired) electrons. The van der Waals surface area contributed by atoms with Crippen molar-refractivity contribution in [1.82, 2.24) is 0 Å². The van der Waals surface area contributed by atoms with Crippen molar-refractivity contribution in [2.45, 2.75) is 51.3 Å². The van der Waals surface area contributed by atoms with Crippen LogP contribution in [-0.4, -0.2) is 10.6 Å². The lowest BCUT2D eigenvalue weighted by Crippen LogP contribution is -2.48. The van der Waals surface area contributed by atoms with Crippen LogP contribution in [0.25, 0.3) is 0 Å². The van der Waals surface area contributed by atoms with Gasteiger partial charge < -0.3 is 0 Å². The van der Waals surface area contributed by atoms with Gasteiger partial charge in [0.05, 0.1) is 4.83 Å². The van der Waals surface area contributed by atoms with Crippen molar-refractivity contribution in [1.29, 1.82) is 0 Å². The molecule has 5 atom stereocenters. The maximum atomic E-state index is 11.7. The molecule has 0 bridgehead atoms. The van der Waals surface area contributed by atoms with Gasteiger partial charge in [0.1, 0.15) is 5.78 Å². The molecule has 0 aromatic carbocycles. The molecule has 2 aliphatic carbocycles. The number of halogens is 1. The second-order valence-electron chi connectivity index (χ2n) is 5.89. The number of carbonyl (C=O) groups excluding carboxylic acids is 1. The molecule has 0 unspecified atom stereocenters. The topological polar surface area (TPSA) is 17.1 Å². The number of hydrogen-bond donors (Lipinski definition) is 0. The fourth-order valence-corrected chi connectivity index (χ4v) is 4.51. The Hall–Kier alpha value is 0.150. The summed E-state index contributed by atoms with van der Waals surface area (Å²) in [6, 6.07) is 0. The molecule has 2 heteroatoms. The first-order valence-electron chi connectivity index (χ1n) is 6.12. The van der Waals surface area contributed by atoms with Gasteiger partial charge in [0.2, 0.25) is 0 Å². The van der Waals surface area contributed by atoms with Crippen LogP contribution in [0.3, 0.4) is 0 Å².